The maximum absolute atomic E-state index is 13.0. The first-order chi connectivity index (χ1) is 14.3. The molecule has 7 nitrogen and oxygen atoms in total. The van der Waals surface area contributed by atoms with Gasteiger partial charge in [0.15, 0.2) is 5.96 Å². The van der Waals surface area contributed by atoms with Gasteiger partial charge in [0.2, 0.25) is 0 Å². The van der Waals surface area contributed by atoms with Gasteiger partial charge in [0.1, 0.15) is 6.10 Å². The Kier molecular flexibility index (Phi) is 8.62. The molecule has 2 aromatic rings. The Morgan fingerprint density at radius 2 is 2.00 bits per heavy atom. The lowest BCUT2D eigenvalue weighted by Crippen LogP contribution is -2.48. The minimum absolute atomic E-state index is 0. The summed E-state index contributed by atoms with van der Waals surface area (Å²) in [6.45, 7) is 1.63. The number of nitro benzene ring substituents is 1. The molecule has 0 bridgehead atoms. The summed E-state index contributed by atoms with van der Waals surface area (Å²) in [7, 11) is 1.62. The van der Waals surface area contributed by atoms with E-state index in [0.717, 1.165) is 17.7 Å². The fourth-order valence-corrected chi connectivity index (χ4v) is 3.21. The molecule has 2 aromatic carbocycles. The Morgan fingerprint density at radius 3 is 2.61 bits per heavy atom. The number of rotatable bonds is 4. The SMILES string of the molecule is CN=C(NCc1ccc([N+](=O)[O-])cc1)N1CCOC(c2cccc(C(F)(F)F)c2)C1.I. The molecule has 1 unspecified atom stereocenters. The number of benzene rings is 2. The average molecular weight is 550 g/mol. The number of nitrogens with one attached hydrogen (secondary N) is 1. The van der Waals surface area contributed by atoms with Crippen LogP contribution >= 0.6 is 24.0 Å². The molecule has 1 aliphatic heterocycles. The van der Waals surface area contributed by atoms with Crippen LogP contribution in [0.1, 0.15) is 22.8 Å². The average Bonchev–Trinajstić information content (AvgIpc) is 2.74. The lowest BCUT2D eigenvalue weighted by Gasteiger charge is -2.35. The summed E-state index contributed by atoms with van der Waals surface area (Å²) >= 11 is 0. The second-order valence-corrected chi connectivity index (χ2v) is 6.75. The zero-order valence-electron chi connectivity index (χ0n) is 16.6. The van der Waals surface area contributed by atoms with Crippen molar-refractivity contribution < 1.29 is 22.8 Å². The molecule has 0 aromatic heterocycles. The van der Waals surface area contributed by atoms with Gasteiger partial charge < -0.3 is 15.0 Å². The number of nitrogens with zero attached hydrogens (tertiary/aromatic N) is 3. The van der Waals surface area contributed by atoms with E-state index in [4.69, 9.17) is 4.74 Å². The van der Waals surface area contributed by atoms with E-state index in [1.54, 1.807) is 25.2 Å². The predicted octanol–water partition coefficient (Wildman–Crippen LogP) is 4.38. The summed E-state index contributed by atoms with van der Waals surface area (Å²) in [4.78, 5) is 16.4. The van der Waals surface area contributed by atoms with Gasteiger partial charge in [-0.2, -0.15) is 13.2 Å². The van der Waals surface area contributed by atoms with Gasteiger partial charge in [0.25, 0.3) is 5.69 Å². The van der Waals surface area contributed by atoms with Crippen LogP contribution in [0.15, 0.2) is 53.5 Å². The molecular formula is C20H22F3IN4O3. The molecule has 0 amide bonds. The summed E-state index contributed by atoms with van der Waals surface area (Å²) in [6, 6.07) is 11.3. The van der Waals surface area contributed by atoms with Crippen LogP contribution < -0.4 is 5.32 Å². The molecule has 1 N–H and O–H groups in total. The van der Waals surface area contributed by atoms with Gasteiger partial charge in [0, 0.05) is 32.3 Å². The Hall–Kier alpha value is -2.41. The number of non-ortho nitro benzene ring substituents is 1. The smallest absolute Gasteiger partial charge is 0.370 e. The molecular weight excluding hydrogens is 528 g/mol. The largest absolute Gasteiger partial charge is 0.416 e. The van der Waals surface area contributed by atoms with E-state index in [-0.39, 0.29) is 29.7 Å². The molecule has 1 atom stereocenters. The number of ether oxygens (including phenoxy) is 1. The van der Waals surface area contributed by atoms with Crippen molar-refractivity contribution in [2.24, 2.45) is 4.99 Å². The van der Waals surface area contributed by atoms with E-state index in [0.29, 0.717) is 37.8 Å². The summed E-state index contributed by atoms with van der Waals surface area (Å²) in [5.41, 5.74) is 0.603. The van der Waals surface area contributed by atoms with E-state index < -0.39 is 22.8 Å². The van der Waals surface area contributed by atoms with E-state index in [2.05, 4.69) is 10.3 Å². The molecule has 1 heterocycles. The number of hydrogen-bond acceptors (Lipinski definition) is 4. The maximum atomic E-state index is 13.0. The molecule has 0 spiro atoms. The van der Waals surface area contributed by atoms with Crippen molar-refractivity contribution in [1.82, 2.24) is 10.2 Å². The van der Waals surface area contributed by atoms with E-state index >= 15 is 0 Å². The van der Waals surface area contributed by atoms with Crippen LogP contribution in [0.3, 0.4) is 0 Å². The first-order valence-corrected chi connectivity index (χ1v) is 9.25. The first-order valence-electron chi connectivity index (χ1n) is 9.25. The summed E-state index contributed by atoms with van der Waals surface area (Å²) in [5, 5.41) is 13.9. The van der Waals surface area contributed by atoms with Crippen LogP contribution in [0.4, 0.5) is 18.9 Å². The van der Waals surface area contributed by atoms with E-state index in [9.17, 15) is 23.3 Å². The number of guanidine groups is 1. The third kappa shape index (κ3) is 6.53. The quantitative estimate of drug-likeness (QED) is 0.201. The predicted molar refractivity (Wildman–Crippen MR) is 120 cm³/mol. The lowest BCUT2D eigenvalue weighted by molar-refractivity contribution is -0.384. The van der Waals surface area contributed by atoms with Crippen LogP contribution in [0.2, 0.25) is 0 Å². The van der Waals surface area contributed by atoms with Crippen LogP contribution in [-0.4, -0.2) is 42.5 Å². The Balaban J connectivity index is 0.00000341. The summed E-state index contributed by atoms with van der Waals surface area (Å²) < 4.78 is 44.7. The molecule has 1 aliphatic rings. The van der Waals surface area contributed by atoms with Crippen LogP contribution in [0.25, 0.3) is 0 Å². The topological polar surface area (TPSA) is 80.0 Å². The number of hydrogen-bond donors (Lipinski definition) is 1. The summed E-state index contributed by atoms with van der Waals surface area (Å²) in [6.07, 6.45) is -4.92. The van der Waals surface area contributed by atoms with Gasteiger partial charge in [-0.05, 0) is 23.3 Å². The highest BCUT2D eigenvalue weighted by atomic mass is 127. The Bertz CT molecular complexity index is 923. The molecule has 3 rings (SSSR count). The maximum Gasteiger partial charge on any atom is 0.416 e. The number of morpholine rings is 1. The highest BCUT2D eigenvalue weighted by molar-refractivity contribution is 14.0. The van der Waals surface area contributed by atoms with Gasteiger partial charge in [-0.15, -0.1) is 24.0 Å². The summed E-state index contributed by atoms with van der Waals surface area (Å²) in [5.74, 6) is 0.577. The lowest BCUT2D eigenvalue weighted by atomic mass is 10.0. The molecule has 0 aliphatic carbocycles. The number of aliphatic imine (C=N–C) groups is 1. The highest BCUT2D eigenvalue weighted by Gasteiger charge is 2.32. The normalized spacial score (nSPS) is 17.1. The molecule has 31 heavy (non-hydrogen) atoms. The van der Waals surface area contributed by atoms with Crippen molar-refractivity contribution in [1.29, 1.82) is 0 Å². The minimum atomic E-state index is -4.41. The molecule has 1 saturated heterocycles. The van der Waals surface area contributed by atoms with Crippen molar-refractivity contribution in [3.8, 4) is 0 Å². The van der Waals surface area contributed by atoms with Crippen LogP contribution in [-0.2, 0) is 17.5 Å². The fraction of sp³-hybridized carbons (Fsp3) is 0.350. The Morgan fingerprint density at radius 1 is 1.29 bits per heavy atom. The van der Waals surface area contributed by atoms with E-state index in [1.807, 2.05) is 4.90 Å². The van der Waals surface area contributed by atoms with Crippen molar-refractivity contribution in [2.75, 3.05) is 26.7 Å². The second-order valence-electron chi connectivity index (χ2n) is 6.75. The molecule has 1 fully saturated rings. The van der Waals surface area contributed by atoms with Gasteiger partial charge in [0.05, 0.1) is 23.6 Å². The van der Waals surface area contributed by atoms with Gasteiger partial charge in [-0.25, -0.2) is 0 Å². The van der Waals surface area contributed by atoms with Gasteiger partial charge in [-0.1, -0.05) is 24.3 Å². The van der Waals surface area contributed by atoms with Gasteiger partial charge in [-0.3, -0.25) is 15.1 Å². The van der Waals surface area contributed by atoms with Crippen LogP contribution in [0, 0.1) is 10.1 Å². The molecule has 0 saturated carbocycles. The number of nitro groups is 1. The zero-order valence-corrected chi connectivity index (χ0v) is 19.0. The monoisotopic (exact) mass is 550 g/mol. The van der Waals surface area contributed by atoms with Gasteiger partial charge >= 0.3 is 6.18 Å². The van der Waals surface area contributed by atoms with Crippen molar-refractivity contribution in [3.05, 3.63) is 75.3 Å². The highest BCUT2D eigenvalue weighted by Crippen LogP contribution is 2.32. The fourth-order valence-electron chi connectivity index (χ4n) is 3.21. The molecule has 0 radical (unpaired) electrons. The van der Waals surface area contributed by atoms with Crippen molar-refractivity contribution in [3.63, 3.8) is 0 Å². The van der Waals surface area contributed by atoms with Crippen LogP contribution in [0.5, 0.6) is 0 Å². The molecule has 168 valence electrons. The van der Waals surface area contributed by atoms with Crippen molar-refractivity contribution in [2.45, 2.75) is 18.8 Å². The van der Waals surface area contributed by atoms with E-state index in [1.165, 1.54) is 18.2 Å². The third-order valence-electron chi connectivity index (χ3n) is 4.76. The number of halogens is 4. The zero-order chi connectivity index (χ0) is 21.7. The first kappa shape index (κ1) is 24.9. The minimum Gasteiger partial charge on any atom is -0.370 e. The number of alkyl halides is 3. The second kappa shape index (κ2) is 10.8. The molecule has 11 heteroatoms. The standard InChI is InChI=1S/C20H21F3N4O3.HI/c1-24-19(25-12-14-5-7-17(8-6-14)27(28)29)26-9-10-30-18(13-26)15-3-2-4-16(11-15)20(21,22)23;/h2-8,11,18H,9-10,12-13H2,1H3,(H,24,25);1H. The Labute approximate surface area is 194 Å². The van der Waals surface area contributed by atoms with Crippen molar-refractivity contribution >= 4 is 35.6 Å². The third-order valence-corrected chi connectivity index (χ3v) is 4.76.